The first kappa shape index (κ1) is 8.65. The lowest BCUT2D eigenvalue weighted by Crippen LogP contribution is -2.15. The van der Waals surface area contributed by atoms with E-state index >= 15 is 0 Å². The number of aromatic nitrogens is 2. The van der Waals surface area contributed by atoms with Crippen LogP contribution in [0.15, 0.2) is 12.4 Å². The second-order valence-electron chi connectivity index (χ2n) is 2.26. The molecule has 1 rings (SSSR count). The van der Waals surface area contributed by atoms with E-state index < -0.39 is 6.23 Å². The van der Waals surface area contributed by atoms with Crippen LogP contribution in [0.4, 0.5) is 0 Å². The molecule has 1 heterocycles. The first-order chi connectivity index (χ1) is 5.68. The van der Waals surface area contributed by atoms with Gasteiger partial charge in [-0.15, -0.1) is 0 Å². The van der Waals surface area contributed by atoms with Crippen molar-refractivity contribution in [2.45, 2.75) is 13.2 Å². The molecule has 4 nitrogen and oxygen atoms in total. The van der Waals surface area contributed by atoms with E-state index in [1.807, 2.05) is 6.92 Å². The number of hydrogen-bond donors (Lipinski definition) is 2. The van der Waals surface area contributed by atoms with Crippen LogP contribution in [0.3, 0.4) is 0 Å². The molecular weight excluding hydrogens is 154 g/mol. The molecule has 0 fully saturated rings. The third-order valence-corrected chi connectivity index (χ3v) is 1.15. The van der Waals surface area contributed by atoms with Crippen molar-refractivity contribution in [3.63, 3.8) is 0 Å². The van der Waals surface area contributed by atoms with Gasteiger partial charge in [-0.1, -0.05) is 0 Å². The molecule has 0 amide bonds. The quantitative estimate of drug-likeness (QED) is 0.396. The Labute approximate surface area is 70.5 Å². The molecule has 0 aromatic carbocycles. The molecule has 0 aliphatic heterocycles. The van der Waals surface area contributed by atoms with E-state index in [-0.39, 0.29) is 0 Å². The van der Waals surface area contributed by atoms with Crippen molar-refractivity contribution < 1.29 is 5.11 Å². The minimum Gasteiger partial charge on any atom is -0.368 e. The van der Waals surface area contributed by atoms with Crippen molar-refractivity contribution in [1.29, 1.82) is 0 Å². The maximum absolute atomic E-state index is 8.64. The maximum atomic E-state index is 8.64. The smallest absolute Gasteiger partial charge is 0.166 e. The summed E-state index contributed by atoms with van der Waals surface area (Å²) in [5, 5.41) is 8.64. The van der Waals surface area contributed by atoms with Gasteiger partial charge in [0.1, 0.15) is 12.0 Å². The molecule has 0 aliphatic rings. The van der Waals surface area contributed by atoms with Gasteiger partial charge in [-0.25, -0.2) is 9.97 Å². The van der Waals surface area contributed by atoms with E-state index in [0.717, 1.165) is 5.69 Å². The van der Waals surface area contributed by atoms with Gasteiger partial charge in [0.15, 0.2) is 6.23 Å². The molecule has 1 atom stereocenters. The summed E-state index contributed by atoms with van der Waals surface area (Å²) in [7, 11) is 0. The topological polar surface area (TPSA) is 72.0 Å². The highest BCUT2D eigenvalue weighted by molar-refractivity contribution is 5.28. The Morgan fingerprint density at radius 2 is 2.33 bits per heavy atom. The average Bonchev–Trinajstić information content (AvgIpc) is 2.01. The Morgan fingerprint density at radius 3 is 2.92 bits per heavy atom. The van der Waals surface area contributed by atoms with Gasteiger partial charge >= 0.3 is 0 Å². The molecule has 3 N–H and O–H groups in total. The first-order valence-electron chi connectivity index (χ1n) is 3.42. The summed E-state index contributed by atoms with van der Waals surface area (Å²) in [6.07, 6.45) is 0.308. The van der Waals surface area contributed by atoms with E-state index in [2.05, 4.69) is 21.8 Å². The summed E-state index contributed by atoms with van der Waals surface area (Å²) in [5.74, 6) is 4.99. The number of nitrogens with zero attached hydrogens (tertiary/aromatic N) is 2. The minimum absolute atomic E-state index is 0.562. The molecule has 1 aromatic rings. The lowest BCUT2D eigenvalue weighted by molar-refractivity contribution is 0.241. The van der Waals surface area contributed by atoms with Gasteiger partial charge in [-0.2, -0.15) is 0 Å². The molecule has 1 unspecified atom stereocenters. The highest BCUT2D eigenvalue weighted by Gasteiger charge is 1.90. The van der Waals surface area contributed by atoms with Crippen LogP contribution in [0, 0.1) is 18.8 Å². The molecular formula is C8H9N3O. The van der Waals surface area contributed by atoms with Crippen LogP contribution in [-0.2, 0) is 0 Å². The summed E-state index contributed by atoms with van der Waals surface area (Å²) < 4.78 is 0. The minimum atomic E-state index is -1.11. The molecule has 0 saturated heterocycles. The van der Waals surface area contributed by atoms with Gasteiger partial charge in [0.2, 0.25) is 0 Å². The maximum Gasteiger partial charge on any atom is 0.166 e. The largest absolute Gasteiger partial charge is 0.368 e. The van der Waals surface area contributed by atoms with Crippen molar-refractivity contribution in [2.24, 2.45) is 5.73 Å². The van der Waals surface area contributed by atoms with Gasteiger partial charge in [0.05, 0.1) is 0 Å². The number of rotatable bonds is 0. The van der Waals surface area contributed by atoms with Crippen molar-refractivity contribution in [3.05, 3.63) is 23.8 Å². The van der Waals surface area contributed by atoms with Crippen molar-refractivity contribution >= 4 is 0 Å². The highest BCUT2D eigenvalue weighted by atomic mass is 16.3. The molecule has 0 aliphatic carbocycles. The number of hydrogen-bond acceptors (Lipinski definition) is 4. The highest BCUT2D eigenvalue weighted by Crippen LogP contribution is 1.93. The fraction of sp³-hybridized carbons (Fsp3) is 0.250. The van der Waals surface area contributed by atoms with Gasteiger partial charge in [0.25, 0.3) is 0 Å². The van der Waals surface area contributed by atoms with E-state index in [1.165, 1.54) is 6.33 Å². The standard InChI is InChI=1S/C8H9N3O/c1-6-4-7(11-5-10-6)2-3-8(9)12/h4-5,8,12H,9H2,1H3. The lowest BCUT2D eigenvalue weighted by Gasteiger charge is -1.91. The average molecular weight is 163 g/mol. The predicted molar refractivity (Wildman–Crippen MR) is 43.8 cm³/mol. The van der Waals surface area contributed by atoms with Gasteiger partial charge < -0.3 is 5.11 Å². The third-order valence-electron chi connectivity index (χ3n) is 1.15. The zero-order chi connectivity index (χ0) is 8.97. The Hall–Kier alpha value is -1.44. The van der Waals surface area contributed by atoms with Gasteiger partial charge in [-0.3, -0.25) is 5.73 Å². The first-order valence-corrected chi connectivity index (χ1v) is 3.42. The van der Waals surface area contributed by atoms with Gasteiger partial charge in [-0.05, 0) is 24.8 Å². The number of aliphatic hydroxyl groups is 1. The Balaban J connectivity index is 2.85. The van der Waals surface area contributed by atoms with Crippen LogP contribution in [0.5, 0.6) is 0 Å². The fourth-order valence-electron chi connectivity index (χ4n) is 0.671. The lowest BCUT2D eigenvalue weighted by atomic mass is 10.3. The Kier molecular flexibility index (Phi) is 2.75. The van der Waals surface area contributed by atoms with Crippen molar-refractivity contribution in [1.82, 2.24) is 9.97 Å². The van der Waals surface area contributed by atoms with E-state index in [1.54, 1.807) is 6.07 Å². The normalized spacial score (nSPS) is 11.6. The zero-order valence-corrected chi connectivity index (χ0v) is 6.65. The van der Waals surface area contributed by atoms with Crippen LogP contribution in [-0.4, -0.2) is 21.3 Å². The summed E-state index contributed by atoms with van der Waals surface area (Å²) in [5.41, 5.74) is 6.41. The van der Waals surface area contributed by atoms with Crippen LogP contribution >= 0.6 is 0 Å². The van der Waals surface area contributed by atoms with E-state index in [0.29, 0.717) is 5.69 Å². The molecule has 0 bridgehead atoms. The van der Waals surface area contributed by atoms with Crippen molar-refractivity contribution in [3.8, 4) is 11.8 Å². The molecule has 12 heavy (non-hydrogen) atoms. The summed E-state index contributed by atoms with van der Waals surface area (Å²) in [4.78, 5) is 7.75. The van der Waals surface area contributed by atoms with Crippen LogP contribution in [0.25, 0.3) is 0 Å². The second-order valence-corrected chi connectivity index (χ2v) is 2.26. The second kappa shape index (κ2) is 3.81. The monoisotopic (exact) mass is 163 g/mol. The van der Waals surface area contributed by atoms with Crippen LogP contribution < -0.4 is 5.73 Å². The molecule has 62 valence electrons. The summed E-state index contributed by atoms with van der Waals surface area (Å²) >= 11 is 0. The zero-order valence-electron chi connectivity index (χ0n) is 6.65. The third kappa shape index (κ3) is 2.66. The molecule has 1 aromatic heterocycles. The SMILES string of the molecule is Cc1cc(C#CC(N)O)ncn1. The van der Waals surface area contributed by atoms with Gasteiger partial charge in [0, 0.05) is 5.69 Å². The predicted octanol–water partition coefficient (Wildman–Crippen LogP) is -0.586. The Morgan fingerprint density at radius 1 is 1.58 bits per heavy atom. The fourth-order valence-corrected chi connectivity index (χ4v) is 0.671. The number of aliphatic hydroxyl groups excluding tert-OH is 1. The number of aryl methyl sites for hydroxylation is 1. The Bertz CT molecular complexity index is 325. The molecule has 4 heteroatoms. The summed E-state index contributed by atoms with van der Waals surface area (Å²) in [6, 6.07) is 1.72. The van der Waals surface area contributed by atoms with E-state index in [4.69, 9.17) is 10.8 Å². The summed E-state index contributed by atoms with van der Waals surface area (Å²) in [6.45, 7) is 1.84. The number of nitrogens with two attached hydrogens (primary N) is 1. The van der Waals surface area contributed by atoms with Crippen molar-refractivity contribution in [2.75, 3.05) is 0 Å². The van der Waals surface area contributed by atoms with E-state index in [9.17, 15) is 0 Å². The molecule has 0 radical (unpaired) electrons. The molecule has 0 spiro atoms. The van der Waals surface area contributed by atoms with Crippen LogP contribution in [0.1, 0.15) is 11.4 Å². The van der Waals surface area contributed by atoms with Crippen LogP contribution in [0.2, 0.25) is 0 Å². The molecule has 0 saturated carbocycles.